The first-order chi connectivity index (χ1) is 10.3. The minimum Gasteiger partial charge on any atom is -0.394 e. The second-order valence-electron chi connectivity index (χ2n) is 5.54. The van der Waals surface area contributed by atoms with Gasteiger partial charge in [-0.3, -0.25) is 0 Å². The molecule has 7 heteroatoms. The molecule has 0 aromatic carbocycles. The van der Waals surface area contributed by atoms with E-state index in [0.29, 0.717) is 26.1 Å². The van der Waals surface area contributed by atoms with E-state index in [0.717, 1.165) is 6.08 Å². The van der Waals surface area contributed by atoms with Crippen LogP contribution in [-0.4, -0.2) is 45.0 Å². The smallest absolute Gasteiger partial charge is 0.348 e. The second kappa shape index (κ2) is 10.9. The largest absolute Gasteiger partial charge is 0.394 e. The standard InChI is InChI=1S/C15H31NO5Si/c1-7-15(18)21-16-12(4)10-14(11-13(5)17)22(6,19-8-2)20-9-3/h7,12-14,16-17H,1,8-11H2,2-6H3. The number of hydroxylamine groups is 1. The molecule has 0 aromatic rings. The van der Waals surface area contributed by atoms with E-state index < -0.39 is 20.6 Å². The average Bonchev–Trinajstić information content (AvgIpc) is 2.44. The Kier molecular flexibility index (Phi) is 10.5. The van der Waals surface area contributed by atoms with Crippen LogP contribution in [0.1, 0.15) is 40.5 Å². The Bertz CT molecular complexity index is 332. The highest BCUT2D eigenvalue weighted by molar-refractivity contribution is 6.67. The lowest BCUT2D eigenvalue weighted by Crippen LogP contribution is -2.47. The molecule has 22 heavy (non-hydrogen) atoms. The van der Waals surface area contributed by atoms with Crippen molar-refractivity contribution in [3.05, 3.63) is 12.7 Å². The summed E-state index contributed by atoms with van der Waals surface area (Å²) in [5, 5.41) is 9.78. The highest BCUT2D eigenvalue weighted by Gasteiger charge is 2.41. The van der Waals surface area contributed by atoms with Gasteiger partial charge < -0.3 is 18.8 Å². The van der Waals surface area contributed by atoms with E-state index in [-0.39, 0.29) is 11.6 Å². The minimum absolute atomic E-state index is 0.0809. The number of nitrogens with one attached hydrogen (secondary N) is 1. The molecule has 0 rings (SSSR count). The zero-order valence-electron chi connectivity index (χ0n) is 14.4. The summed E-state index contributed by atoms with van der Waals surface area (Å²) < 4.78 is 11.9. The zero-order valence-corrected chi connectivity index (χ0v) is 15.4. The summed E-state index contributed by atoms with van der Waals surface area (Å²) in [6.45, 7) is 14.1. The molecule has 0 bridgehead atoms. The summed E-state index contributed by atoms with van der Waals surface area (Å²) in [6.07, 6.45) is 1.93. The molecule has 0 radical (unpaired) electrons. The fourth-order valence-corrected chi connectivity index (χ4v) is 5.71. The third-order valence-corrected chi connectivity index (χ3v) is 7.07. The summed E-state index contributed by atoms with van der Waals surface area (Å²) in [5.74, 6) is -0.520. The summed E-state index contributed by atoms with van der Waals surface area (Å²) >= 11 is 0. The van der Waals surface area contributed by atoms with Gasteiger partial charge in [0, 0.05) is 30.9 Å². The van der Waals surface area contributed by atoms with Gasteiger partial charge in [0.2, 0.25) is 0 Å². The first-order valence-corrected chi connectivity index (χ1v) is 10.2. The fourth-order valence-electron chi connectivity index (χ4n) is 2.46. The van der Waals surface area contributed by atoms with Gasteiger partial charge in [-0.2, -0.15) is 5.48 Å². The van der Waals surface area contributed by atoms with E-state index in [2.05, 4.69) is 12.1 Å². The number of carbonyl (C=O) groups excluding carboxylic acids is 1. The van der Waals surface area contributed by atoms with E-state index in [1.807, 2.05) is 27.3 Å². The Balaban J connectivity index is 4.86. The molecule has 0 aliphatic heterocycles. The van der Waals surface area contributed by atoms with Crippen molar-refractivity contribution >= 4 is 14.5 Å². The molecule has 3 unspecified atom stereocenters. The maximum absolute atomic E-state index is 11.1. The van der Waals surface area contributed by atoms with E-state index >= 15 is 0 Å². The van der Waals surface area contributed by atoms with Gasteiger partial charge in [-0.05, 0) is 47.1 Å². The molecular formula is C15H31NO5Si. The summed E-state index contributed by atoms with van der Waals surface area (Å²) in [6, 6.07) is -0.0830. The van der Waals surface area contributed by atoms with Crippen LogP contribution in [0.15, 0.2) is 12.7 Å². The topological polar surface area (TPSA) is 77.0 Å². The molecule has 0 aliphatic rings. The Labute approximate surface area is 135 Å². The monoisotopic (exact) mass is 333 g/mol. The summed E-state index contributed by atoms with van der Waals surface area (Å²) in [7, 11) is -2.43. The lowest BCUT2D eigenvalue weighted by molar-refractivity contribution is -0.146. The number of aliphatic hydroxyl groups is 1. The lowest BCUT2D eigenvalue weighted by atomic mass is 10.1. The van der Waals surface area contributed by atoms with Crippen LogP contribution in [0.3, 0.4) is 0 Å². The lowest BCUT2D eigenvalue weighted by Gasteiger charge is -2.36. The predicted molar refractivity (Wildman–Crippen MR) is 88.4 cm³/mol. The van der Waals surface area contributed by atoms with E-state index in [1.54, 1.807) is 6.92 Å². The summed E-state index contributed by atoms with van der Waals surface area (Å²) in [4.78, 5) is 16.0. The third-order valence-electron chi connectivity index (χ3n) is 3.39. The molecule has 0 fully saturated rings. The van der Waals surface area contributed by atoms with Crippen LogP contribution < -0.4 is 5.48 Å². The first kappa shape index (κ1) is 21.3. The highest BCUT2D eigenvalue weighted by Crippen LogP contribution is 2.33. The minimum atomic E-state index is -2.43. The van der Waals surface area contributed by atoms with Gasteiger partial charge in [0.15, 0.2) is 0 Å². The van der Waals surface area contributed by atoms with E-state index in [9.17, 15) is 9.90 Å². The highest BCUT2D eigenvalue weighted by atomic mass is 28.4. The van der Waals surface area contributed by atoms with Crippen LogP contribution in [-0.2, 0) is 18.5 Å². The van der Waals surface area contributed by atoms with Gasteiger partial charge in [0.1, 0.15) is 0 Å². The average molecular weight is 334 g/mol. The van der Waals surface area contributed by atoms with Crippen LogP contribution in [0.4, 0.5) is 0 Å². The van der Waals surface area contributed by atoms with Crippen molar-refractivity contribution < 1.29 is 23.6 Å². The van der Waals surface area contributed by atoms with Crippen molar-refractivity contribution in [1.82, 2.24) is 5.48 Å². The van der Waals surface area contributed by atoms with Crippen molar-refractivity contribution in [2.45, 2.75) is 64.8 Å². The molecule has 0 spiro atoms. The maximum atomic E-state index is 11.1. The number of hydrogen-bond donors (Lipinski definition) is 2. The molecule has 0 heterocycles. The number of aliphatic hydroxyl groups excluding tert-OH is 1. The van der Waals surface area contributed by atoms with Gasteiger partial charge in [0.25, 0.3) is 0 Å². The number of hydrogen-bond acceptors (Lipinski definition) is 6. The molecule has 0 saturated carbocycles. The van der Waals surface area contributed by atoms with Crippen molar-refractivity contribution in [3.63, 3.8) is 0 Å². The molecule has 3 atom stereocenters. The molecule has 0 amide bonds. The normalized spacial score (nSPS) is 15.9. The molecule has 130 valence electrons. The van der Waals surface area contributed by atoms with Crippen LogP contribution in [0, 0.1) is 0 Å². The molecule has 6 nitrogen and oxygen atoms in total. The Hall–Kier alpha value is -0.733. The number of rotatable bonds is 12. The fraction of sp³-hybridized carbons (Fsp3) is 0.800. The van der Waals surface area contributed by atoms with E-state index in [4.69, 9.17) is 13.7 Å². The van der Waals surface area contributed by atoms with Gasteiger partial charge >= 0.3 is 14.5 Å². The zero-order chi connectivity index (χ0) is 17.2. The molecule has 2 N–H and O–H groups in total. The molecular weight excluding hydrogens is 302 g/mol. The number of carbonyl (C=O) groups is 1. The van der Waals surface area contributed by atoms with Crippen molar-refractivity contribution in [2.24, 2.45) is 0 Å². The second-order valence-corrected chi connectivity index (χ2v) is 8.97. The van der Waals surface area contributed by atoms with Crippen LogP contribution in [0.5, 0.6) is 0 Å². The van der Waals surface area contributed by atoms with Gasteiger partial charge in [0.05, 0.1) is 6.10 Å². The third kappa shape index (κ3) is 8.05. The van der Waals surface area contributed by atoms with Crippen molar-refractivity contribution in [1.29, 1.82) is 0 Å². The Morgan fingerprint density at radius 1 is 1.27 bits per heavy atom. The predicted octanol–water partition coefficient (Wildman–Crippen LogP) is 2.28. The van der Waals surface area contributed by atoms with Crippen molar-refractivity contribution in [3.8, 4) is 0 Å². The van der Waals surface area contributed by atoms with Crippen LogP contribution in [0.25, 0.3) is 0 Å². The maximum Gasteiger partial charge on any atom is 0.348 e. The van der Waals surface area contributed by atoms with Crippen LogP contribution in [0.2, 0.25) is 12.1 Å². The van der Waals surface area contributed by atoms with Crippen molar-refractivity contribution in [2.75, 3.05) is 13.2 Å². The van der Waals surface area contributed by atoms with Gasteiger partial charge in [-0.25, -0.2) is 4.79 Å². The molecule has 0 saturated heterocycles. The SMILES string of the molecule is C=CC(=O)ONC(C)CC(CC(C)O)[Si](C)(OCC)OCC. The van der Waals surface area contributed by atoms with E-state index in [1.165, 1.54) is 0 Å². The Morgan fingerprint density at radius 3 is 2.23 bits per heavy atom. The quantitative estimate of drug-likeness (QED) is 0.324. The molecule has 0 aliphatic carbocycles. The first-order valence-electron chi connectivity index (χ1n) is 7.83. The molecule has 0 aromatic heterocycles. The summed E-state index contributed by atoms with van der Waals surface area (Å²) in [5.41, 5.74) is 2.78. The Morgan fingerprint density at radius 2 is 1.82 bits per heavy atom. The van der Waals surface area contributed by atoms with Gasteiger partial charge in [-0.15, -0.1) is 0 Å². The van der Waals surface area contributed by atoms with Gasteiger partial charge in [-0.1, -0.05) is 6.58 Å². The van der Waals surface area contributed by atoms with Crippen LogP contribution >= 0.6 is 0 Å².